The minimum Gasteiger partial charge on any atom is -0.395 e. The smallest absolute Gasteiger partial charge is 0.0586 e. The summed E-state index contributed by atoms with van der Waals surface area (Å²) in [4.78, 5) is 5.11. The van der Waals surface area contributed by atoms with Crippen molar-refractivity contribution >= 4 is 12.2 Å². The van der Waals surface area contributed by atoms with Crippen LogP contribution in [0.4, 0.5) is 0 Å². The highest BCUT2D eigenvalue weighted by Crippen LogP contribution is 2.52. The first-order valence-electron chi connectivity index (χ1n) is 20.5. The third kappa shape index (κ3) is 9.10. The molecule has 5 nitrogen and oxygen atoms in total. The predicted molar refractivity (Wildman–Crippen MR) is 217 cm³/mol. The van der Waals surface area contributed by atoms with Gasteiger partial charge in [-0.15, -0.1) is 0 Å². The summed E-state index contributed by atoms with van der Waals surface area (Å²) in [5, 5.41) is 17.3. The van der Waals surface area contributed by atoms with E-state index in [0.717, 1.165) is 42.8 Å². The molecule has 5 heteroatoms. The second-order valence-corrected chi connectivity index (χ2v) is 17.3. The summed E-state index contributed by atoms with van der Waals surface area (Å²) in [7, 11) is 0. The van der Waals surface area contributed by atoms with Crippen molar-refractivity contribution in [1.29, 1.82) is 0 Å². The van der Waals surface area contributed by atoms with Gasteiger partial charge in [-0.3, -0.25) is 4.90 Å². The molecule has 5 atom stereocenters. The fraction of sp³-hybridized carbons (Fsp3) is 0.652. The van der Waals surface area contributed by atoms with Crippen molar-refractivity contribution in [3.63, 3.8) is 0 Å². The number of nitrogens with zero attached hydrogens (tertiary/aromatic N) is 2. The maximum atomic E-state index is 9.45. The second kappa shape index (κ2) is 16.8. The molecule has 3 N–H and O–H groups in total. The van der Waals surface area contributed by atoms with Crippen molar-refractivity contribution in [3.05, 3.63) is 82.9 Å². The van der Waals surface area contributed by atoms with Crippen molar-refractivity contribution in [2.75, 3.05) is 39.3 Å². The summed E-state index contributed by atoms with van der Waals surface area (Å²) in [6.45, 7) is 15.8. The van der Waals surface area contributed by atoms with E-state index in [1.54, 1.807) is 11.1 Å². The summed E-state index contributed by atoms with van der Waals surface area (Å²) in [5.74, 6) is 1.53. The largest absolute Gasteiger partial charge is 0.395 e. The van der Waals surface area contributed by atoms with E-state index in [2.05, 4.69) is 121 Å². The van der Waals surface area contributed by atoms with Gasteiger partial charge in [0.05, 0.1) is 6.61 Å². The van der Waals surface area contributed by atoms with Crippen molar-refractivity contribution in [1.82, 2.24) is 20.4 Å². The fourth-order valence-corrected chi connectivity index (χ4v) is 10.3. The van der Waals surface area contributed by atoms with Crippen molar-refractivity contribution in [2.45, 2.75) is 130 Å². The molecule has 2 heterocycles. The Balaban J connectivity index is 0.000000173. The molecule has 2 aromatic carbocycles. The van der Waals surface area contributed by atoms with Gasteiger partial charge in [0.1, 0.15) is 0 Å². The van der Waals surface area contributed by atoms with Gasteiger partial charge in [-0.2, -0.15) is 0 Å². The highest BCUT2D eigenvalue weighted by molar-refractivity contribution is 5.55. The van der Waals surface area contributed by atoms with Crippen LogP contribution in [0.15, 0.2) is 71.8 Å². The lowest BCUT2D eigenvalue weighted by atomic mass is 9.60. The Labute approximate surface area is 311 Å². The number of aliphatic hydroxyl groups excluding tert-OH is 1. The molecule has 51 heavy (non-hydrogen) atoms. The molecule has 280 valence electrons. The van der Waals surface area contributed by atoms with E-state index in [1.165, 1.54) is 95.2 Å². The first kappa shape index (κ1) is 38.4. The van der Waals surface area contributed by atoms with Crippen molar-refractivity contribution in [2.24, 2.45) is 22.7 Å². The molecule has 0 radical (unpaired) electrons. The number of benzene rings is 2. The summed E-state index contributed by atoms with van der Waals surface area (Å²) in [6.07, 6.45) is 17.7. The van der Waals surface area contributed by atoms with E-state index in [0.29, 0.717) is 29.5 Å². The Morgan fingerprint density at radius 2 is 1.18 bits per heavy atom. The molecule has 2 aliphatic heterocycles. The molecule has 0 aromatic heterocycles. The van der Waals surface area contributed by atoms with Gasteiger partial charge in [-0.25, -0.2) is 0 Å². The van der Waals surface area contributed by atoms with Crippen LogP contribution in [0.1, 0.15) is 110 Å². The Morgan fingerprint density at radius 3 is 1.57 bits per heavy atom. The van der Waals surface area contributed by atoms with Crippen LogP contribution in [-0.4, -0.2) is 84.4 Å². The first-order chi connectivity index (χ1) is 24.4. The summed E-state index contributed by atoms with van der Waals surface area (Å²) >= 11 is 0. The highest BCUT2D eigenvalue weighted by Gasteiger charge is 2.55. The van der Waals surface area contributed by atoms with Crippen LogP contribution in [0.5, 0.6) is 0 Å². The van der Waals surface area contributed by atoms with Crippen molar-refractivity contribution < 1.29 is 5.11 Å². The van der Waals surface area contributed by atoms with Crippen molar-refractivity contribution in [3.8, 4) is 0 Å². The van der Waals surface area contributed by atoms with Crippen LogP contribution < -0.4 is 10.6 Å². The van der Waals surface area contributed by atoms with E-state index in [9.17, 15) is 5.11 Å². The zero-order valence-corrected chi connectivity index (χ0v) is 31.6. The summed E-state index contributed by atoms with van der Waals surface area (Å²) in [5.41, 5.74) is 7.19. The summed E-state index contributed by atoms with van der Waals surface area (Å²) in [6, 6.07) is 24.9. The molecule has 2 spiro atoms. The van der Waals surface area contributed by atoms with Gasteiger partial charge in [0.15, 0.2) is 0 Å². The van der Waals surface area contributed by atoms with Gasteiger partial charge < -0.3 is 20.6 Å². The fourth-order valence-electron chi connectivity index (χ4n) is 10.3. The highest BCUT2D eigenvalue weighted by atomic mass is 16.3. The quantitative estimate of drug-likeness (QED) is 0.174. The first-order valence-corrected chi connectivity index (χ1v) is 20.5. The van der Waals surface area contributed by atoms with Gasteiger partial charge in [0, 0.05) is 56.4 Å². The third-order valence-corrected chi connectivity index (χ3v) is 13.2. The predicted octanol–water partition coefficient (Wildman–Crippen LogP) is 8.66. The topological polar surface area (TPSA) is 50.8 Å². The molecule has 0 amide bonds. The van der Waals surface area contributed by atoms with Crippen LogP contribution >= 0.6 is 0 Å². The molecular formula is C46H70N4O. The van der Waals surface area contributed by atoms with Crippen LogP contribution in [0, 0.1) is 22.7 Å². The van der Waals surface area contributed by atoms with Gasteiger partial charge in [0.25, 0.3) is 0 Å². The molecule has 6 fully saturated rings. The lowest BCUT2D eigenvalue weighted by molar-refractivity contribution is -0.107. The number of aliphatic hydroxyl groups is 1. The zero-order valence-electron chi connectivity index (χ0n) is 31.6. The Hall–Kier alpha value is -2.28. The van der Waals surface area contributed by atoms with E-state index < -0.39 is 0 Å². The van der Waals surface area contributed by atoms with Crippen LogP contribution in [0.2, 0.25) is 0 Å². The minimum absolute atomic E-state index is 0. The average Bonchev–Trinajstić information content (AvgIpc) is 4.00. The van der Waals surface area contributed by atoms with E-state index >= 15 is 0 Å². The third-order valence-electron chi connectivity index (χ3n) is 13.2. The van der Waals surface area contributed by atoms with Gasteiger partial charge >= 0.3 is 0 Å². The molecule has 2 aromatic rings. The van der Waals surface area contributed by atoms with Crippen LogP contribution in [-0.2, 0) is 0 Å². The number of nitrogens with one attached hydrogen (secondary N) is 2. The normalized spacial score (nSPS) is 28.7. The van der Waals surface area contributed by atoms with E-state index in [1.807, 2.05) is 0 Å². The molecule has 2 saturated heterocycles. The average molecular weight is 695 g/mol. The number of rotatable bonds is 15. The number of likely N-dealkylation sites (tertiary alicyclic amines) is 2. The van der Waals surface area contributed by atoms with Crippen LogP contribution in [0.3, 0.4) is 0 Å². The molecular weight excluding hydrogens is 625 g/mol. The molecule has 0 bridgehead atoms. The lowest BCUT2D eigenvalue weighted by Crippen LogP contribution is -2.68. The van der Waals surface area contributed by atoms with Gasteiger partial charge in [-0.05, 0) is 105 Å². The molecule has 6 aliphatic rings. The molecule has 8 rings (SSSR count). The SMILES string of the molecule is C.CC/C(=C\c1ccccc1)[C@@H]1C[C@H]1NC1CC2(C1)CN(C(CC)CO)C2.CCCN1CC2(CC(N[C@@H]3C[C@H]3/C(=C/c3ccccc3)CC)C2)C1. The molecule has 4 saturated carbocycles. The summed E-state index contributed by atoms with van der Waals surface area (Å²) < 4.78 is 0. The Bertz CT molecular complexity index is 1420. The second-order valence-electron chi connectivity index (χ2n) is 17.3. The monoisotopic (exact) mass is 695 g/mol. The maximum absolute atomic E-state index is 9.45. The zero-order chi connectivity index (χ0) is 34.7. The Kier molecular flexibility index (Phi) is 12.7. The van der Waals surface area contributed by atoms with Gasteiger partial charge in [-0.1, -0.05) is 119 Å². The molecule has 1 unspecified atom stereocenters. The van der Waals surface area contributed by atoms with E-state index in [-0.39, 0.29) is 7.43 Å². The van der Waals surface area contributed by atoms with Gasteiger partial charge in [0.2, 0.25) is 0 Å². The number of hydrogen-bond acceptors (Lipinski definition) is 5. The molecule has 4 aliphatic carbocycles. The van der Waals surface area contributed by atoms with E-state index in [4.69, 9.17) is 0 Å². The minimum atomic E-state index is 0. The Morgan fingerprint density at radius 1 is 0.725 bits per heavy atom. The lowest BCUT2D eigenvalue weighted by Gasteiger charge is -2.61. The maximum Gasteiger partial charge on any atom is 0.0586 e. The standard InChI is InChI=1S/C23H34N2O.C22H32N2.CH4/c1-3-18(10-17-8-6-5-7-9-17)21-11-22(21)24-19-12-23(13-19)15-25(16-23)20(4-2)14-26;1-3-10-24-15-22(16-24)13-19(14-22)23-21-12-20(21)18(4-2)11-17-8-6-5-7-9-17;/h5-10,19-22,24,26H,3-4,11-16H2,1-2H3;5-9,11,19-21,23H,3-4,10,12-16H2,1-2H3;1H4/b18-10+;18-11+;/t20?,21-,22+;20-,21+;/m00./s1. The number of hydrogen-bond donors (Lipinski definition) is 3. The van der Waals surface area contributed by atoms with Crippen LogP contribution in [0.25, 0.3) is 12.2 Å².